The molecular formula is C11H21NO3. The molecule has 0 bridgehead atoms. The van der Waals surface area contributed by atoms with Gasteiger partial charge >= 0.3 is 0 Å². The second-order valence-corrected chi connectivity index (χ2v) is 4.36. The van der Waals surface area contributed by atoms with Gasteiger partial charge in [-0.15, -0.1) is 0 Å². The van der Waals surface area contributed by atoms with Gasteiger partial charge in [0.2, 0.25) is 0 Å². The summed E-state index contributed by atoms with van der Waals surface area (Å²) in [7, 11) is 0. The third-order valence-electron chi connectivity index (χ3n) is 3.19. The van der Waals surface area contributed by atoms with Crippen LogP contribution in [0.1, 0.15) is 26.2 Å². The molecule has 0 aromatic carbocycles. The first kappa shape index (κ1) is 11.3. The number of nitrogens with zero attached hydrogens (tertiary/aromatic N) is 1. The van der Waals surface area contributed by atoms with Gasteiger partial charge in [0.1, 0.15) is 0 Å². The second-order valence-electron chi connectivity index (χ2n) is 4.36. The van der Waals surface area contributed by atoms with Crippen molar-refractivity contribution < 1.29 is 14.6 Å². The molecule has 0 unspecified atom stereocenters. The van der Waals surface area contributed by atoms with Crippen LogP contribution in [0.2, 0.25) is 0 Å². The number of aliphatic hydroxyl groups is 1. The van der Waals surface area contributed by atoms with Crippen LogP contribution in [0.15, 0.2) is 0 Å². The second kappa shape index (κ2) is 5.25. The molecule has 88 valence electrons. The molecule has 4 nitrogen and oxygen atoms in total. The molecular weight excluding hydrogens is 194 g/mol. The molecule has 2 aliphatic heterocycles. The lowest BCUT2D eigenvalue weighted by Gasteiger charge is -2.39. The third kappa shape index (κ3) is 2.91. The van der Waals surface area contributed by atoms with Crippen molar-refractivity contribution in [3.05, 3.63) is 0 Å². The summed E-state index contributed by atoms with van der Waals surface area (Å²) in [5, 5.41) is 9.82. The zero-order chi connectivity index (χ0) is 10.7. The maximum atomic E-state index is 9.82. The van der Waals surface area contributed by atoms with E-state index in [-0.39, 0.29) is 18.5 Å². The zero-order valence-electron chi connectivity index (χ0n) is 9.39. The Kier molecular flexibility index (Phi) is 3.97. The van der Waals surface area contributed by atoms with Crippen molar-refractivity contribution in [2.75, 3.05) is 26.2 Å². The molecule has 0 aromatic heterocycles. The normalized spacial score (nSPS) is 37.6. The van der Waals surface area contributed by atoms with Crippen LogP contribution in [0.4, 0.5) is 0 Å². The number of hydrogen-bond donors (Lipinski definition) is 1. The first-order chi connectivity index (χ1) is 7.29. The summed E-state index contributed by atoms with van der Waals surface area (Å²) in [5.74, 6) is 0. The van der Waals surface area contributed by atoms with Gasteiger partial charge in [0.05, 0.1) is 12.2 Å². The van der Waals surface area contributed by atoms with Gasteiger partial charge in [-0.3, -0.25) is 0 Å². The topological polar surface area (TPSA) is 41.9 Å². The summed E-state index contributed by atoms with van der Waals surface area (Å²) < 4.78 is 11.2. The van der Waals surface area contributed by atoms with Crippen LogP contribution in [0.3, 0.4) is 0 Å². The number of rotatable bonds is 4. The van der Waals surface area contributed by atoms with Crippen LogP contribution in [0.25, 0.3) is 0 Å². The fraction of sp³-hybridized carbons (Fsp3) is 1.00. The van der Waals surface area contributed by atoms with E-state index in [2.05, 4.69) is 4.90 Å². The highest BCUT2D eigenvalue weighted by molar-refractivity contribution is 4.81. The largest absolute Gasteiger partial charge is 0.390 e. The molecule has 2 rings (SSSR count). The smallest absolute Gasteiger partial charge is 0.158 e. The van der Waals surface area contributed by atoms with Gasteiger partial charge in [-0.05, 0) is 32.9 Å². The lowest BCUT2D eigenvalue weighted by atomic mass is 10.0. The Morgan fingerprint density at radius 1 is 1.40 bits per heavy atom. The van der Waals surface area contributed by atoms with E-state index in [0.29, 0.717) is 6.61 Å². The molecule has 0 spiro atoms. The Hall–Kier alpha value is -0.160. The van der Waals surface area contributed by atoms with Crippen LogP contribution < -0.4 is 0 Å². The molecule has 1 N–H and O–H groups in total. The fourth-order valence-electron chi connectivity index (χ4n) is 2.14. The summed E-state index contributed by atoms with van der Waals surface area (Å²) in [5.41, 5.74) is 0. The Labute approximate surface area is 91.2 Å². The van der Waals surface area contributed by atoms with Crippen LogP contribution in [-0.4, -0.2) is 54.7 Å². The van der Waals surface area contributed by atoms with Crippen molar-refractivity contribution in [1.82, 2.24) is 4.90 Å². The quantitative estimate of drug-likeness (QED) is 0.745. The van der Waals surface area contributed by atoms with E-state index in [9.17, 15) is 5.11 Å². The minimum Gasteiger partial charge on any atom is -0.390 e. The first-order valence-electron chi connectivity index (χ1n) is 5.97. The maximum absolute atomic E-state index is 9.82. The minimum absolute atomic E-state index is 0.0596. The van der Waals surface area contributed by atoms with Gasteiger partial charge in [-0.1, -0.05) is 0 Å². The van der Waals surface area contributed by atoms with E-state index < -0.39 is 0 Å². The molecule has 15 heavy (non-hydrogen) atoms. The predicted octanol–water partition coefficient (Wildman–Crippen LogP) is 0.595. The van der Waals surface area contributed by atoms with Crippen LogP contribution in [0, 0.1) is 0 Å². The summed E-state index contributed by atoms with van der Waals surface area (Å²) in [6.45, 7) is 5.79. The van der Waals surface area contributed by atoms with Crippen LogP contribution in [0.5, 0.6) is 0 Å². The van der Waals surface area contributed by atoms with E-state index in [0.717, 1.165) is 32.5 Å². The van der Waals surface area contributed by atoms with E-state index in [1.807, 2.05) is 6.92 Å². The third-order valence-corrected chi connectivity index (χ3v) is 3.19. The summed E-state index contributed by atoms with van der Waals surface area (Å²) >= 11 is 0. The monoisotopic (exact) mass is 215 g/mol. The Bertz CT molecular complexity index is 196. The molecule has 2 heterocycles. The summed E-state index contributed by atoms with van der Waals surface area (Å²) in [6.07, 6.45) is 2.40. The van der Waals surface area contributed by atoms with E-state index in [1.165, 1.54) is 6.42 Å². The van der Waals surface area contributed by atoms with Crippen molar-refractivity contribution in [2.45, 2.75) is 44.7 Å². The van der Waals surface area contributed by atoms with Crippen molar-refractivity contribution in [3.63, 3.8) is 0 Å². The highest BCUT2D eigenvalue weighted by Crippen LogP contribution is 2.22. The average molecular weight is 215 g/mol. The predicted molar refractivity (Wildman–Crippen MR) is 56.6 cm³/mol. The molecule has 2 aliphatic rings. The zero-order valence-corrected chi connectivity index (χ0v) is 9.39. The number of ether oxygens (including phenoxy) is 2. The minimum atomic E-state index is -0.317. The molecule has 0 aliphatic carbocycles. The average Bonchev–Trinajstić information content (AvgIpc) is 2.16. The molecule has 0 saturated carbocycles. The maximum Gasteiger partial charge on any atom is 0.158 e. The number of aliphatic hydroxyl groups excluding tert-OH is 1. The standard InChI is InChI=1S/C11H21NO3/c1-2-14-11-5-4-9(13)10(15-11)8-12-6-3-7-12/h9-11,13H,2-8H2,1H3/t9-,10+,11-/m0/s1. The fourth-order valence-corrected chi connectivity index (χ4v) is 2.14. The Morgan fingerprint density at radius 2 is 2.20 bits per heavy atom. The van der Waals surface area contributed by atoms with Gasteiger partial charge in [0.25, 0.3) is 0 Å². The number of likely N-dealkylation sites (tertiary alicyclic amines) is 1. The molecule has 0 aromatic rings. The Morgan fingerprint density at radius 3 is 2.80 bits per heavy atom. The van der Waals surface area contributed by atoms with Gasteiger partial charge < -0.3 is 19.5 Å². The first-order valence-corrected chi connectivity index (χ1v) is 5.97. The van der Waals surface area contributed by atoms with E-state index in [4.69, 9.17) is 9.47 Å². The molecule has 2 saturated heterocycles. The van der Waals surface area contributed by atoms with Crippen LogP contribution in [-0.2, 0) is 9.47 Å². The van der Waals surface area contributed by atoms with E-state index in [1.54, 1.807) is 0 Å². The molecule has 0 amide bonds. The molecule has 3 atom stereocenters. The van der Waals surface area contributed by atoms with E-state index >= 15 is 0 Å². The number of hydrogen-bond acceptors (Lipinski definition) is 4. The lowest BCUT2D eigenvalue weighted by molar-refractivity contribution is -0.225. The van der Waals surface area contributed by atoms with Gasteiger partial charge in [0.15, 0.2) is 6.29 Å². The Balaban J connectivity index is 1.78. The molecule has 0 radical (unpaired) electrons. The van der Waals surface area contributed by atoms with Crippen molar-refractivity contribution >= 4 is 0 Å². The lowest BCUT2D eigenvalue weighted by Crippen LogP contribution is -2.50. The SMILES string of the molecule is CCO[C@@H]1CC[C@H](O)[C@@H](CN2CCC2)O1. The highest BCUT2D eigenvalue weighted by Gasteiger charge is 2.32. The van der Waals surface area contributed by atoms with Gasteiger partial charge in [0, 0.05) is 19.6 Å². The van der Waals surface area contributed by atoms with Crippen LogP contribution >= 0.6 is 0 Å². The van der Waals surface area contributed by atoms with Gasteiger partial charge in [-0.25, -0.2) is 0 Å². The van der Waals surface area contributed by atoms with Gasteiger partial charge in [-0.2, -0.15) is 0 Å². The van der Waals surface area contributed by atoms with Crippen molar-refractivity contribution in [2.24, 2.45) is 0 Å². The van der Waals surface area contributed by atoms with Crippen molar-refractivity contribution in [1.29, 1.82) is 0 Å². The highest BCUT2D eigenvalue weighted by atomic mass is 16.7. The molecule has 2 fully saturated rings. The van der Waals surface area contributed by atoms with Crippen molar-refractivity contribution in [3.8, 4) is 0 Å². The molecule has 4 heteroatoms. The summed E-state index contributed by atoms with van der Waals surface area (Å²) in [6, 6.07) is 0. The summed E-state index contributed by atoms with van der Waals surface area (Å²) in [4.78, 5) is 2.32.